The number of carbonyl (C=O) groups excluding carboxylic acids is 2. The summed E-state index contributed by atoms with van der Waals surface area (Å²) in [5.74, 6) is -0.251. The lowest BCUT2D eigenvalue weighted by molar-refractivity contribution is -0.116. The van der Waals surface area contributed by atoms with Crippen LogP contribution in [-0.2, 0) is 16.1 Å². The maximum absolute atomic E-state index is 12.7. The minimum atomic E-state index is -0.145. The molecule has 0 bridgehead atoms. The van der Waals surface area contributed by atoms with Gasteiger partial charge >= 0.3 is 0 Å². The summed E-state index contributed by atoms with van der Waals surface area (Å²) in [6.45, 7) is 3.62. The van der Waals surface area contributed by atoms with Gasteiger partial charge in [-0.15, -0.1) is 0 Å². The Hall–Kier alpha value is -2.71. The van der Waals surface area contributed by atoms with Crippen molar-refractivity contribution in [2.24, 2.45) is 5.41 Å². The normalized spacial score (nSPS) is 15.6. The zero-order valence-electron chi connectivity index (χ0n) is 16.8. The number of aromatic nitrogens is 2. The van der Waals surface area contributed by atoms with Gasteiger partial charge in [-0.1, -0.05) is 6.07 Å². The summed E-state index contributed by atoms with van der Waals surface area (Å²) in [4.78, 5) is 28.8. The highest BCUT2D eigenvalue weighted by atomic mass is 16.5. The molecule has 1 aromatic carbocycles. The summed E-state index contributed by atoms with van der Waals surface area (Å²) in [5, 5.41) is 9.25. The third kappa shape index (κ3) is 6.13. The van der Waals surface area contributed by atoms with Crippen LogP contribution in [0.25, 0.3) is 0 Å². The molecular formula is C21H29N5O3. The first-order valence-corrected chi connectivity index (χ1v) is 9.94. The van der Waals surface area contributed by atoms with Gasteiger partial charge in [0.05, 0.1) is 12.9 Å². The fourth-order valence-corrected chi connectivity index (χ4v) is 3.62. The number of methoxy groups -OCH3 is 1. The van der Waals surface area contributed by atoms with Gasteiger partial charge in [0.15, 0.2) is 0 Å². The highest BCUT2D eigenvalue weighted by molar-refractivity contribution is 5.97. The first kappa shape index (κ1) is 21.0. The van der Waals surface area contributed by atoms with E-state index in [9.17, 15) is 9.59 Å². The third-order valence-corrected chi connectivity index (χ3v) is 5.30. The zero-order chi connectivity index (χ0) is 20.5. The predicted octanol–water partition coefficient (Wildman–Crippen LogP) is 1.66. The van der Waals surface area contributed by atoms with Crippen LogP contribution in [0, 0.1) is 5.41 Å². The number of carbonyl (C=O) groups is 2. The van der Waals surface area contributed by atoms with Crippen LogP contribution in [0.5, 0.6) is 0 Å². The number of hydrogen-bond acceptors (Lipinski definition) is 5. The maximum atomic E-state index is 12.7. The van der Waals surface area contributed by atoms with Crippen LogP contribution in [0.2, 0.25) is 0 Å². The van der Waals surface area contributed by atoms with Gasteiger partial charge in [-0.2, -0.15) is 0 Å². The Balaban J connectivity index is 1.53. The number of amides is 2. The molecule has 8 nitrogen and oxygen atoms in total. The van der Waals surface area contributed by atoms with E-state index >= 15 is 0 Å². The molecule has 2 amide bonds. The number of benzene rings is 1. The van der Waals surface area contributed by atoms with E-state index in [0.717, 1.165) is 25.9 Å². The van der Waals surface area contributed by atoms with Crippen molar-refractivity contribution in [3.8, 4) is 0 Å². The third-order valence-electron chi connectivity index (χ3n) is 5.30. The smallest absolute Gasteiger partial charge is 0.251 e. The Labute approximate surface area is 171 Å². The van der Waals surface area contributed by atoms with Crippen molar-refractivity contribution in [2.75, 3.05) is 38.7 Å². The second kappa shape index (κ2) is 10.2. The Bertz CT molecular complexity index is 795. The molecule has 2 heterocycles. The number of aryl methyl sites for hydroxylation is 1. The molecule has 0 unspecified atom stereocenters. The molecule has 1 aromatic heterocycles. The number of imidazole rings is 1. The summed E-state index contributed by atoms with van der Waals surface area (Å²) < 4.78 is 7.25. The predicted molar refractivity (Wildman–Crippen MR) is 111 cm³/mol. The maximum Gasteiger partial charge on any atom is 0.251 e. The molecule has 1 aliphatic heterocycles. The van der Waals surface area contributed by atoms with Crippen LogP contribution in [0.4, 0.5) is 5.69 Å². The number of nitrogens with zero attached hydrogens (tertiary/aromatic N) is 2. The lowest BCUT2D eigenvalue weighted by atomic mass is 9.79. The van der Waals surface area contributed by atoms with Crippen molar-refractivity contribution in [3.63, 3.8) is 0 Å². The fraction of sp³-hybridized carbons (Fsp3) is 0.476. The van der Waals surface area contributed by atoms with Gasteiger partial charge in [0.1, 0.15) is 0 Å². The van der Waals surface area contributed by atoms with E-state index in [-0.39, 0.29) is 17.2 Å². The Morgan fingerprint density at radius 2 is 2.14 bits per heavy atom. The lowest BCUT2D eigenvalue weighted by Crippen LogP contribution is -2.47. The lowest BCUT2D eigenvalue weighted by Gasteiger charge is -2.37. The number of ether oxygens (including phenoxy) is 1. The Kier molecular flexibility index (Phi) is 7.37. The van der Waals surface area contributed by atoms with E-state index in [1.165, 1.54) is 0 Å². The summed E-state index contributed by atoms with van der Waals surface area (Å²) >= 11 is 0. The highest BCUT2D eigenvalue weighted by Gasteiger charge is 2.32. The first-order valence-electron chi connectivity index (χ1n) is 9.94. The van der Waals surface area contributed by atoms with Gasteiger partial charge in [-0.3, -0.25) is 9.59 Å². The molecule has 2 aromatic rings. The van der Waals surface area contributed by atoms with E-state index < -0.39 is 0 Å². The van der Waals surface area contributed by atoms with Gasteiger partial charge in [-0.25, -0.2) is 4.98 Å². The van der Waals surface area contributed by atoms with Crippen molar-refractivity contribution >= 4 is 17.5 Å². The zero-order valence-corrected chi connectivity index (χ0v) is 16.8. The van der Waals surface area contributed by atoms with Crippen molar-refractivity contribution in [1.82, 2.24) is 20.2 Å². The quantitative estimate of drug-likeness (QED) is 0.596. The van der Waals surface area contributed by atoms with Crippen LogP contribution in [-0.4, -0.2) is 54.7 Å². The molecule has 0 aliphatic carbocycles. The standard InChI is InChI=1S/C21H29N5O3/c1-29-15-21(6-8-22-9-7-21)14-24-20(28)17-3-2-4-18(13-17)25-19(27)5-11-26-12-10-23-16-26/h2-4,10,12-13,16,22H,5-9,11,14-15H2,1H3,(H,24,28)(H,25,27). The second-order valence-corrected chi connectivity index (χ2v) is 7.55. The Morgan fingerprint density at radius 3 is 2.86 bits per heavy atom. The van der Waals surface area contributed by atoms with Crippen molar-refractivity contribution in [1.29, 1.82) is 0 Å². The summed E-state index contributed by atoms with van der Waals surface area (Å²) in [6, 6.07) is 7.01. The van der Waals surface area contributed by atoms with Gasteiger partial charge < -0.3 is 25.3 Å². The van der Waals surface area contributed by atoms with E-state index in [4.69, 9.17) is 4.74 Å². The van der Waals surface area contributed by atoms with Crippen LogP contribution in [0.15, 0.2) is 43.0 Å². The molecule has 1 saturated heterocycles. The monoisotopic (exact) mass is 399 g/mol. The Morgan fingerprint density at radius 1 is 1.31 bits per heavy atom. The average Bonchev–Trinajstić information content (AvgIpc) is 3.25. The van der Waals surface area contributed by atoms with E-state index in [0.29, 0.717) is 37.4 Å². The van der Waals surface area contributed by atoms with Crippen LogP contribution < -0.4 is 16.0 Å². The number of rotatable bonds is 9. The summed E-state index contributed by atoms with van der Waals surface area (Å²) in [7, 11) is 1.70. The SMILES string of the molecule is COCC1(CNC(=O)c2cccc(NC(=O)CCn3ccnc3)c2)CCNCC1. The van der Waals surface area contributed by atoms with E-state index in [2.05, 4.69) is 20.9 Å². The number of nitrogens with one attached hydrogen (secondary N) is 3. The molecule has 3 rings (SSSR count). The second-order valence-electron chi connectivity index (χ2n) is 7.55. The highest BCUT2D eigenvalue weighted by Crippen LogP contribution is 2.28. The van der Waals surface area contributed by atoms with Crippen LogP contribution >= 0.6 is 0 Å². The molecule has 1 aliphatic rings. The minimum Gasteiger partial charge on any atom is -0.384 e. The van der Waals surface area contributed by atoms with Gasteiger partial charge in [-0.05, 0) is 44.1 Å². The molecule has 8 heteroatoms. The summed E-state index contributed by atoms with van der Waals surface area (Å²) in [6.07, 6.45) is 7.44. The first-order chi connectivity index (χ1) is 14.1. The van der Waals surface area contributed by atoms with Gasteiger partial charge in [0.2, 0.25) is 5.91 Å². The molecule has 0 saturated carbocycles. The number of anilines is 1. The topological polar surface area (TPSA) is 97.3 Å². The molecular weight excluding hydrogens is 370 g/mol. The van der Waals surface area contributed by atoms with Crippen LogP contribution in [0.1, 0.15) is 29.6 Å². The van der Waals surface area contributed by atoms with E-state index in [1.807, 2.05) is 10.8 Å². The van der Waals surface area contributed by atoms with Crippen molar-refractivity contribution < 1.29 is 14.3 Å². The molecule has 29 heavy (non-hydrogen) atoms. The average molecular weight is 399 g/mol. The minimum absolute atomic E-state index is 0.0329. The largest absolute Gasteiger partial charge is 0.384 e. The summed E-state index contributed by atoms with van der Waals surface area (Å²) in [5.41, 5.74) is 1.11. The van der Waals surface area contributed by atoms with Gasteiger partial charge in [0.25, 0.3) is 5.91 Å². The molecule has 3 N–H and O–H groups in total. The van der Waals surface area contributed by atoms with Crippen molar-refractivity contribution in [3.05, 3.63) is 48.5 Å². The van der Waals surface area contributed by atoms with Gasteiger partial charge in [0, 0.05) is 55.7 Å². The molecule has 156 valence electrons. The van der Waals surface area contributed by atoms with E-state index in [1.54, 1.807) is 43.9 Å². The van der Waals surface area contributed by atoms with Crippen LogP contribution in [0.3, 0.4) is 0 Å². The molecule has 0 spiro atoms. The molecule has 1 fully saturated rings. The fourth-order valence-electron chi connectivity index (χ4n) is 3.62. The molecule has 0 atom stereocenters. The number of piperidine rings is 1. The number of hydrogen-bond donors (Lipinski definition) is 3. The molecule has 0 radical (unpaired) electrons. The van der Waals surface area contributed by atoms with Crippen molar-refractivity contribution in [2.45, 2.75) is 25.8 Å².